The first-order valence-corrected chi connectivity index (χ1v) is 4.84. The summed E-state index contributed by atoms with van der Waals surface area (Å²) >= 11 is 0. The highest BCUT2D eigenvalue weighted by atomic mass is 16.5. The van der Waals surface area contributed by atoms with Gasteiger partial charge >= 0.3 is 0 Å². The molecule has 0 saturated heterocycles. The quantitative estimate of drug-likeness (QED) is 0.778. The monoisotopic (exact) mass is 220 g/mol. The Bertz CT molecular complexity index is 483. The molecule has 84 valence electrons. The molecule has 0 aliphatic rings. The van der Waals surface area contributed by atoms with Crippen molar-refractivity contribution < 1.29 is 9.63 Å². The van der Waals surface area contributed by atoms with Crippen molar-refractivity contribution in [3.8, 4) is 11.5 Å². The number of nitrogens with two attached hydrogens (primary N) is 1. The van der Waals surface area contributed by atoms with Crippen molar-refractivity contribution in [2.75, 3.05) is 6.61 Å². The lowest BCUT2D eigenvalue weighted by Gasteiger charge is -1.99. The van der Waals surface area contributed by atoms with Gasteiger partial charge in [0.15, 0.2) is 0 Å². The minimum atomic E-state index is -0.648. The Kier molecular flexibility index (Phi) is 2.93. The Morgan fingerprint density at radius 1 is 1.56 bits per heavy atom. The van der Waals surface area contributed by atoms with Crippen LogP contribution in [0.2, 0.25) is 0 Å². The van der Waals surface area contributed by atoms with Crippen molar-refractivity contribution in [3.63, 3.8) is 0 Å². The highest BCUT2D eigenvalue weighted by molar-refractivity contribution is 5.53. The molecule has 0 fully saturated rings. The van der Waals surface area contributed by atoms with Crippen LogP contribution in [0.15, 0.2) is 22.9 Å². The summed E-state index contributed by atoms with van der Waals surface area (Å²) in [6.45, 7) is 1.67. The van der Waals surface area contributed by atoms with Crippen molar-refractivity contribution in [2.24, 2.45) is 5.73 Å². The van der Waals surface area contributed by atoms with Gasteiger partial charge in [0.1, 0.15) is 11.7 Å². The van der Waals surface area contributed by atoms with Gasteiger partial charge in [-0.25, -0.2) is 0 Å². The molecule has 16 heavy (non-hydrogen) atoms. The molecule has 2 heterocycles. The van der Waals surface area contributed by atoms with Gasteiger partial charge in [-0.2, -0.15) is 4.98 Å². The minimum Gasteiger partial charge on any atom is -0.394 e. The second-order valence-corrected chi connectivity index (χ2v) is 3.41. The third kappa shape index (κ3) is 1.93. The van der Waals surface area contributed by atoms with Crippen LogP contribution in [-0.4, -0.2) is 26.8 Å². The predicted octanol–water partition coefficient (Wildman–Crippen LogP) is 0.432. The number of aryl methyl sites for hydroxylation is 1. The normalized spacial score (nSPS) is 12.7. The number of aromatic nitrogens is 3. The van der Waals surface area contributed by atoms with Gasteiger partial charge in [-0.1, -0.05) is 11.2 Å². The predicted molar refractivity (Wildman–Crippen MR) is 56.3 cm³/mol. The molecule has 0 radical (unpaired) electrons. The lowest BCUT2D eigenvalue weighted by atomic mass is 10.2. The fraction of sp³-hybridized carbons (Fsp3) is 0.300. The fourth-order valence-electron chi connectivity index (χ4n) is 1.28. The fourth-order valence-corrected chi connectivity index (χ4v) is 1.28. The molecule has 1 atom stereocenters. The Morgan fingerprint density at radius 3 is 3.06 bits per heavy atom. The first-order chi connectivity index (χ1) is 7.72. The van der Waals surface area contributed by atoms with E-state index in [1.165, 1.54) is 0 Å². The number of nitrogens with zero attached hydrogens (tertiary/aromatic N) is 3. The van der Waals surface area contributed by atoms with Gasteiger partial charge in [0.05, 0.1) is 6.61 Å². The average molecular weight is 220 g/mol. The van der Waals surface area contributed by atoms with Crippen LogP contribution in [0.3, 0.4) is 0 Å². The van der Waals surface area contributed by atoms with Gasteiger partial charge in [0, 0.05) is 6.20 Å². The largest absolute Gasteiger partial charge is 0.394 e. The summed E-state index contributed by atoms with van der Waals surface area (Å²) < 4.78 is 4.94. The van der Waals surface area contributed by atoms with Crippen LogP contribution in [0.5, 0.6) is 0 Å². The van der Waals surface area contributed by atoms with Gasteiger partial charge in [-0.05, 0) is 18.6 Å². The van der Waals surface area contributed by atoms with Crippen LogP contribution >= 0.6 is 0 Å². The number of hydrogen-bond donors (Lipinski definition) is 2. The Morgan fingerprint density at radius 2 is 2.38 bits per heavy atom. The highest BCUT2D eigenvalue weighted by Gasteiger charge is 2.16. The molecule has 3 N–H and O–H groups in total. The number of hydrogen-bond acceptors (Lipinski definition) is 6. The highest BCUT2D eigenvalue weighted by Crippen LogP contribution is 2.18. The second kappa shape index (κ2) is 4.38. The minimum absolute atomic E-state index is 0.211. The molecule has 2 aromatic rings. The maximum absolute atomic E-state index is 8.85. The molecule has 2 rings (SSSR count). The Balaban J connectivity index is 2.35. The van der Waals surface area contributed by atoms with E-state index in [2.05, 4.69) is 15.1 Å². The number of aliphatic hydroxyl groups excluding tert-OH is 1. The third-order valence-electron chi connectivity index (χ3n) is 2.18. The van der Waals surface area contributed by atoms with Crippen LogP contribution < -0.4 is 5.73 Å². The van der Waals surface area contributed by atoms with Crippen molar-refractivity contribution >= 4 is 0 Å². The molecule has 0 unspecified atom stereocenters. The summed E-state index contributed by atoms with van der Waals surface area (Å²) in [5.41, 5.74) is 7.16. The molecule has 0 aliphatic heterocycles. The smallest absolute Gasteiger partial charge is 0.246 e. The summed E-state index contributed by atoms with van der Waals surface area (Å²) in [5, 5.41) is 12.6. The summed E-state index contributed by atoms with van der Waals surface area (Å²) in [4.78, 5) is 8.25. The van der Waals surface area contributed by atoms with E-state index in [1.54, 1.807) is 6.20 Å². The van der Waals surface area contributed by atoms with E-state index in [0.717, 1.165) is 5.56 Å². The zero-order valence-electron chi connectivity index (χ0n) is 8.79. The summed E-state index contributed by atoms with van der Waals surface area (Å²) in [6.07, 6.45) is 1.66. The van der Waals surface area contributed by atoms with Crippen LogP contribution in [0.1, 0.15) is 17.5 Å². The Labute approximate surface area is 92.1 Å². The van der Waals surface area contributed by atoms with Crippen LogP contribution in [0, 0.1) is 6.92 Å². The molecule has 6 nitrogen and oxygen atoms in total. The first kappa shape index (κ1) is 10.7. The summed E-state index contributed by atoms with van der Waals surface area (Å²) in [5.74, 6) is 0.597. The van der Waals surface area contributed by atoms with Crippen molar-refractivity contribution in [2.45, 2.75) is 13.0 Å². The van der Waals surface area contributed by atoms with E-state index >= 15 is 0 Å². The van der Waals surface area contributed by atoms with Gasteiger partial charge < -0.3 is 15.4 Å². The van der Waals surface area contributed by atoms with Crippen LogP contribution in [0.25, 0.3) is 11.5 Å². The maximum atomic E-state index is 8.85. The van der Waals surface area contributed by atoms with Gasteiger partial charge in [-0.15, -0.1) is 0 Å². The summed E-state index contributed by atoms with van der Waals surface area (Å²) in [7, 11) is 0. The van der Waals surface area contributed by atoms with E-state index in [1.807, 2.05) is 19.1 Å². The number of aliphatic hydroxyl groups is 1. The van der Waals surface area contributed by atoms with Crippen LogP contribution in [-0.2, 0) is 0 Å². The van der Waals surface area contributed by atoms with Gasteiger partial charge in [0.25, 0.3) is 0 Å². The Hall–Kier alpha value is -1.79. The topological polar surface area (TPSA) is 98.1 Å². The SMILES string of the molecule is Cc1cccnc1-c1noc([C@@H](N)CO)n1. The molecule has 0 saturated carbocycles. The van der Waals surface area contributed by atoms with E-state index in [0.29, 0.717) is 11.5 Å². The average Bonchev–Trinajstić information content (AvgIpc) is 2.78. The molecule has 0 aliphatic carbocycles. The van der Waals surface area contributed by atoms with Gasteiger partial charge in [0.2, 0.25) is 11.7 Å². The lowest BCUT2D eigenvalue weighted by Crippen LogP contribution is -2.14. The first-order valence-electron chi connectivity index (χ1n) is 4.84. The second-order valence-electron chi connectivity index (χ2n) is 3.41. The third-order valence-corrected chi connectivity index (χ3v) is 2.18. The molecule has 6 heteroatoms. The van der Waals surface area contributed by atoms with Crippen molar-refractivity contribution in [1.82, 2.24) is 15.1 Å². The van der Waals surface area contributed by atoms with E-state index in [9.17, 15) is 0 Å². The zero-order valence-corrected chi connectivity index (χ0v) is 8.79. The van der Waals surface area contributed by atoms with Crippen LogP contribution in [0.4, 0.5) is 0 Å². The number of rotatable bonds is 3. The zero-order chi connectivity index (χ0) is 11.5. The molecule has 0 amide bonds. The summed E-state index contributed by atoms with van der Waals surface area (Å²) in [6, 6.07) is 3.09. The molecule has 2 aromatic heterocycles. The molecule has 0 aromatic carbocycles. The standard InChI is InChI=1S/C10H12N4O2/c1-6-3-2-4-12-8(6)9-13-10(16-14-9)7(11)5-15/h2-4,7,15H,5,11H2,1H3/t7-/m0/s1. The molecule has 0 spiro atoms. The van der Waals surface area contributed by atoms with Crippen molar-refractivity contribution in [1.29, 1.82) is 0 Å². The van der Waals surface area contributed by atoms with Gasteiger partial charge in [-0.3, -0.25) is 4.98 Å². The van der Waals surface area contributed by atoms with E-state index in [4.69, 9.17) is 15.4 Å². The lowest BCUT2D eigenvalue weighted by molar-refractivity contribution is 0.237. The van der Waals surface area contributed by atoms with Crippen molar-refractivity contribution in [3.05, 3.63) is 29.8 Å². The molecular formula is C10H12N4O2. The van der Waals surface area contributed by atoms with E-state index in [-0.39, 0.29) is 12.5 Å². The van der Waals surface area contributed by atoms with E-state index < -0.39 is 6.04 Å². The maximum Gasteiger partial charge on any atom is 0.246 e. The number of pyridine rings is 1. The molecular weight excluding hydrogens is 208 g/mol. The molecule has 0 bridgehead atoms.